The van der Waals surface area contributed by atoms with Crippen LogP contribution in [0.15, 0.2) is 84.0 Å². The number of rotatable bonds is 28. The molecule has 0 fully saturated rings. The fraction of sp³-hybridized carbons (Fsp3) is 0.600. The zero-order valence-corrected chi connectivity index (χ0v) is 36.1. The second-order valence-corrected chi connectivity index (χ2v) is 16.6. The van der Waals surface area contributed by atoms with Gasteiger partial charge in [-0.3, -0.25) is 0 Å². The monoisotopic (exact) mass is 765 g/mol. The van der Waals surface area contributed by atoms with E-state index in [-0.39, 0.29) is 0 Å². The van der Waals surface area contributed by atoms with Gasteiger partial charge in [-0.05, 0) is 86.8 Å². The number of unbranched alkanes of at least 4 members (excludes halogenated alkanes) is 16. The van der Waals surface area contributed by atoms with E-state index < -0.39 is 0 Å². The Hall–Kier alpha value is -2.51. The van der Waals surface area contributed by atoms with Gasteiger partial charge in [0.1, 0.15) is 0 Å². The summed E-state index contributed by atoms with van der Waals surface area (Å²) in [6.45, 7) is 13.4. The summed E-state index contributed by atoms with van der Waals surface area (Å²) in [6, 6.07) is 17.8. The molecule has 0 saturated carbocycles. The van der Waals surface area contributed by atoms with Gasteiger partial charge < -0.3 is 5.53 Å². The average molecular weight is 766 g/mol. The molecule has 2 aromatic carbocycles. The van der Waals surface area contributed by atoms with Crippen molar-refractivity contribution in [2.45, 2.75) is 194 Å². The summed E-state index contributed by atoms with van der Waals surface area (Å²) in [5.74, 6) is 0. The zero-order valence-electron chi connectivity index (χ0n) is 35.1. The SMILES string of the molecule is CCCCCCCC=CC1=C(c2ccc(CCCC)cc2)[N+](=[N-])C(c2cccc(CCCC)c2)=C1C=CCCCCCCCCCCC.C[CH2][Ni][CH2]C. The number of hydrogen-bond donors (Lipinski definition) is 0. The maximum absolute atomic E-state index is 12.1. The summed E-state index contributed by atoms with van der Waals surface area (Å²) in [7, 11) is 0. The molecule has 53 heavy (non-hydrogen) atoms. The predicted molar refractivity (Wildman–Crippen MR) is 232 cm³/mol. The van der Waals surface area contributed by atoms with Crippen molar-refractivity contribution in [1.29, 1.82) is 0 Å². The first-order valence-corrected chi connectivity index (χ1v) is 23.4. The van der Waals surface area contributed by atoms with Crippen molar-refractivity contribution in [2.75, 3.05) is 0 Å². The van der Waals surface area contributed by atoms with E-state index in [2.05, 4.69) is 114 Å². The van der Waals surface area contributed by atoms with Crippen LogP contribution in [0.1, 0.15) is 192 Å². The number of benzene rings is 2. The fourth-order valence-electron chi connectivity index (χ4n) is 6.95. The topological polar surface area (TPSA) is 25.3 Å². The first-order valence-electron chi connectivity index (χ1n) is 22.0. The zero-order chi connectivity index (χ0) is 38.4. The van der Waals surface area contributed by atoms with Gasteiger partial charge in [0.05, 0.1) is 11.1 Å². The van der Waals surface area contributed by atoms with E-state index in [1.807, 2.05) is 14.4 Å². The molecule has 0 unspecified atom stereocenters. The molecule has 1 aliphatic heterocycles. The average Bonchev–Trinajstić information content (AvgIpc) is 3.45. The van der Waals surface area contributed by atoms with Crippen LogP contribution in [0, 0.1) is 0 Å². The Kier molecular flexibility index (Phi) is 27.1. The van der Waals surface area contributed by atoms with Crippen molar-refractivity contribution in [3.05, 3.63) is 112 Å². The molecule has 0 amide bonds. The van der Waals surface area contributed by atoms with Gasteiger partial charge in [-0.2, -0.15) is 0 Å². The number of hydrogen-bond acceptors (Lipinski definition) is 0. The molecule has 1 aliphatic rings. The summed E-state index contributed by atoms with van der Waals surface area (Å²) in [6.07, 6.45) is 36.9. The summed E-state index contributed by atoms with van der Waals surface area (Å²) in [5, 5.41) is 2.56. The second kappa shape index (κ2) is 30.8. The normalized spacial score (nSPS) is 13.3. The van der Waals surface area contributed by atoms with Crippen LogP contribution in [0.3, 0.4) is 0 Å². The molecule has 0 spiro atoms. The molecule has 2 nitrogen and oxygen atoms in total. The summed E-state index contributed by atoms with van der Waals surface area (Å²) < 4.78 is 1.50. The van der Waals surface area contributed by atoms with Crippen LogP contribution in [-0.2, 0) is 27.3 Å². The van der Waals surface area contributed by atoms with Gasteiger partial charge in [0.25, 0.3) is 0 Å². The number of aryl methyl sites for hydroxylation is 2. The van der Waals surface area contributed by atoms with Crippen molar-refractivity contribution in [2.24, 2.45) is 0 Å². The van der Waals surface area contributed by atoms with E-state index in [1.165, 1.54) is 142 Å². The molecule has 0 bridgehead atoms. The molecule has 0 N–H and O–H groups in total. The van der Waals surface area contributed by atoms with Gasteiger partial charge in [0, 0.05) is 11.1 Å². The molecule has 0 atom stereocenters. The minimum absolute atomic E-state index is 0.899. The van der Waals surface area contributed by atoms with Crippen LogP contribution in [0.2, 0.25) is 10.8 Å². The van der Waals surface area contributed by atoms with E-state index in [1.54, 1.807) is 0 Å². The Morgan fingerprint density at radius 1 is 0.491 bits per heavy atom. The third-order valence-corrected chi connectivity index (χ3v) is 11.1. The third kappa shape index (κ3) is 18.6. The molecule has 0 radical (unpaired) electrons. The minimum atomic E-state index is 0.899. The Labute approximate surface area is 334 Å². The van der Waals surface area contributed by atoms with E-state index in [0.29, 0.717) is 0 Å². The molecule has 298 valence electrons. The second-order valence-electron chi connectivity index (χ2n) is 14.7. The van der Waals surface area contributed by atoms with Gasteiger partial charge in [-0.15, -0.1) is 0 Å². The molecule has 2 aromatic rings. The van der Waals surface area contributed by atoms with Crippen LogP contribution in [0.4, 0.5) is 0 Å². The Bertz CT molecular complexity index is 1370. The van der Waals surface area contributed by atoms with Crippen molar-refractivity contribution in [1.82, 2.24) is 0 Å². The van der Waals surface area contributed by atoms with Gasteiger partial charge in [0.2, 0.25) is 11.4 Å². The summed E-state index contributed by atoms with van der Waals surface area (Å²) in [4.78, 5) is 0. The van der Waals surface area contributed by atoms with E-state index in [9.17, 15) is 5.53 Å². The van der Waals surface area contributed by atoms with Gasteiger partial charge >= 0.3 is 39.1 Å². The molecule has 0 aromatic heterocycles. The molecule has 0 aliphatic carbocycles. The van der Waals surface area contributed by atoms with Gasteiger partial charge in [-0.25, -0.2) is 4.70 Å². The van der Waals surface area contributed by atoms with E-state index in [4.69, 9.17) is 0 Å². The van der Waals surface area contributed by atoms with Gasteiger partial charge in [0.15, 0.2) is 0 Å². The fourth-order valence-corrected chi connectivity index (χ4v) is 7.45. The van der Waals surface area contributed by atoms with Crippen LogP contribution >= 0.6 is 0 Å². The molecular formula is C50H78N2Ni. The Morgan fingerprint density at radius 3 is 1.42 bits per heavy atom. The van der Waals surface area contributed by atoms with Crippen LogP contribution in [0.25, 0.3) is 16.9 Å². The summed E-state index contributed by atoms with van der Waals surface area (Å²) in [5.41, 5.74) is 21.0. The van der Waals surface area contributed by atoms with Gasteiger partial charge in [-0.1, -0.05) is 166 Å². The number of allylic oxidation sites excluding steroid dienone is 6. The van der Waals surface area contributed by atoms with E-state index >= 15 is 0 Å². The number of nitrogens with zero attached hydrogens (tertiary/aromatic N) is 2. The summed E-state index contributed by atoms with van der Waals surface area (Å²) >= 11 is 1.82. The predicted octanol–water partition coefficient (Wildman–Crippen LogP) is 16.9. The van der Waals surface area contributed by atoms with Crippen LogP contribution in [-0.4, -0.2) is 4.70 Å². The van der Waals surface area contributed by atoms with Crippen LogP contribution in [0.5, 0.6) is 0 Å². The first-order chi connectivity index (χ1) is 26.1. The Morgan fingerprint density at radius 2 is 0.943 bits per heavy atom. The van der Waals surface area contributed by atoms with Crippen molar-refractivity contribution in [3.63, 3.8) is 0 Å². The molecule has 3 heteroatoms. The van der Waals surface area contributed by atoms with Crippen molar-refractivity contribution < 1.29 is 19.1 Å². The molecule has 0 saturated heterocycles. The standard InChI is InChI=1S/C46H68N2.2C2H5.Ni/c1-5-9-13-15-17-18-19-20-22-24-26-33-44-43(32-25-23-21-16-14-10-6-2)45(41-36-34-39(35-37-41)28-11-7-3)48(47)46(44)42-31-27-30-40(38-42)29-12-8-4;2*1-2;/h25-27,30-38H,5-24,28-29H2,1-4H3;2*1H2,2H3;. The van der Waals surface area contributed by atoms with E-state index in [0.717, 1.165) is 59.4 Å². The van der Waals surface area contributed by atoms with Crippen LogP contribution < -0.4 is 0 Å². The van der Waals surface area contributed by atoms with Crippen molar-refractivity contribution >= 4 is 11.4 Å². The first kappa shape index (κ1) is 46.6. The molecule has 1 heterocycles. The maximum atomic E-state index is 12.1. The quantitative estimate of drug-likeness (QED) is 0.0468. The molecule has 3 rings (SSSR count). The van der Waals surface area contributed by atoms with Crippen molar-refractivity contribution in [3.8, 4) is 0 Å². The molecular weight excluding hydrogens is 687 g/mol. The Balaban J connectivity index is 0.00000181. The third-order valence-electron chi connectivity index (χ3n) is 10.1.